The van der Waals surface area contributed by atoms with Crippen LogP contribution in [-0.4, -0.2) is 28.2 Å². The van der Waals surface area contributed by atoms with E-state index in [0.29, 0.717) is 6.04 Å². The van der Waals surface area contributed by atoms with Crippen molar-refractivity contribution in [1.82, 2.24) is 20.2 Å². The summed E-state index contributed by atoms with van der Waals surface area (Å²) in [6.45, 7) is 3.68. The van der Waals surface area contributed by atoms with Gasteiger partial charge in [-0.1, -0.05) is 0 Å². The Morgan fingerprint density at radius 3 is 2.95 bits per heavy atom. The van der Waals surface area contributed by atoms with Crippen LogP contribution in [0.5, 0.6) is 0 Å². The van der Waals surface area contributed by atoms with E-state index in [2.05, 4.69) is 27.1 Å². The quantitative estimate of drug-likeness (QED) is 0.820. The van der Waals surface area contributed by atoms with Gasteiger partial charge in [0.2, 0.25) is 0 Å². The van der Waals surface area contributed by atoms with Crippen molar-refractivity contribution in [1.29, 1.82) is 0 Å². The van der Waals surface area contributed by atoms with Gasteiger partial charge in [0.15, 0.2) is 0 Å². The van der Waals surface area contributed by atoms with Crippen LogP contribution in [0.1, 0.15) is 37.8 Å². The molecule has 4 aliphatic carbocycles. The number of amides is 2. The van der Waals surface area contributed by atoms with Gasteiger partial charge in [0, 0.05) is 31.0 Å². The number of rotatable bonds is 5. The van der Waals surface area contributed by atoms with E-state index >= 15 is 0 Å². The van der Waals surface area contributed by atoms with Crippen LogP contribution >= 0.6 is 0 Å². The van der Waals surface area contributed by atoms with E-state index in [1.807, 2.05) is 12.5 Å². The maximum absolute atomic E-state index is 12.1. The molecule has 4 bridgehead atoms. The average Bonchev–Trinajstić information content (AvgIpc) is 3.10. The Labute approximate surface area is 131 Å². The van der Waals surface area contributed by atoms with Gasteiger partial charge in [0.05, 0.1) is 6.33 Å². The normalized spacial score (nSPS) is 35.0. The van der Waals surface area contributed by atoms with Gasteiger partial charge >= 0.3 is 6.03 Å². The van der Waals surface area contributed by atoms with Gasteiger partial charge in [0.25, 0.3) is 0 Å². The summed E-state index contributed by atoms with van der Waals surface area (Å²) in [5.41, 5.74) is 1.17. The Morgan fingerprint density at radius 1 is 1.32 bits per heavy atom. The van der Waals surface area contributed by atoms with E-state index in [0.717, 1.165) is 43.2 Å². The third-order valence-corrected chi connectivity index (χ3v) is 6.14. The summed E-state index contributed by atoms with van der Waals surface area (Å²) >= 11 is 0. The molecule has 120 valence electrons. The molecular formula is C17H26N4O. The SMILES string of the molecule is Cc1cncn1CCCNC(=O)NC1C2CC3CC(C2)C1C3. The maximum atomic E-state index is 12.1. The number of hydrogen-bond donors (Lipinski definition) is 2. The Morgan fingerprint density at radius 2 is 2.18 bits per heavy atom. The molecule has 5 atom stereocenters. The number of urea groups is 1. The molecule has 5 unspecified atom stereocenters. The molecule has 5 rings (SSSR count). The van der Waals surface area contributed by atoms with E-state index in [1.165, 1.54) is 31.4 Å². The van der Waals surface area contributed by atoms with Crippen molar-refractivity contribution < 1.29 is 4.79 Å². The Kier molecular flexibility index (Phi) is 3.59. The standard InChI is InChI=1S/C17H26N4O/c1-11-9-18-10-21(11)4-2-3-19-17(22)20-16-14-6-12-5-13(8-14)15(16)7-12/h9-10,12-16H,2-8H2,1H3,(H2,19,20,22). The van der Waals surface area contributed by atoms with Crippen LogP contribution in [0, 0.1) is 30.6 Å². The fraction of sp³-hybridized carbons (Fsp3) is 0.765. The second kappa shape index (κ2) is 5.60. The zero-order chi connectivity index (χ0) is 15.1. The lowest BCUT2D eigenvalue weighted by Crippen LogP contribution is -2.48. The van der Waals surface area contributed by atoms with Crippen molar-refractivity contribution in [3.8, 4) is 0 Å². The number of imidazole rings is 1. The zero-order valence-electron chi connectivity index (χ0n) is 13.3. The largest absolute Gasteiger partial charge is 0.338 e. The molecule has 0 aromatic carbocycles. The molecule has 5 heteroatoms. The maximum Gasteiger partial charge on any atom is 0.315 e. The Bertz CT molecular complexity index is 551. The second-order valence-electron chi connectivity index (χ2n) is 7.50. The lowest BCUT2D eigenvalue weighted by atomic mass is 9.79. The molecule has 2 N–H and O–H groups in total. The van der Waals surface area contributed by atoms with Crippen LogP contribution in [0.15, 0.2) is 12.5 Å². The van der Waals surface area contributed by atoms with E-state index in [4.69, 9.17) is 0 Å². The van der Waals surface area contributed by atoms with Crippen LogP contribution < -0.4 is 10.6 Å². The van der Waals surface area contributed by atoms with Crippen LogP contribution in [-0.2, 0) is 6.54 Å². The monoisotopic (exact) mass is 302 g/mol. The van der Waals surface area contributed by atoms with Crippen molar-refractivity contribution in [3.63, 3.8) is 0 Å². The number of carbonyl (C=O) groups is 1. The first-order valence-electron chi connectivity index (χ1n) is 8.72. The molecule has 0 saturated heterocycles. The Balaban J connectivity index is 1.20. The number of nitrogens with zero attached hydrogens (tertiary/aromatic N) is 2. The lowest BCUT2D eigenvalue weighted by molar-refractivity contribution is 0.202. The average molecular weight is 302 g/mol. The first kappa shape index (κ1) is 14.1. The molecule has 4 fully saturated rings. The van der Waals surface area contributed by atoms with E-state index in [1.54, 1.807) is 0 Å². The van der Waals surface area contributed by atoms with Gasteiger partial charge in [-0.25, -0.2) is 9.78 Å². The summed E-state index contributed by atoms with van der Waals surface area (Å²) in [7, 11) is 0. The van der Waals surface area contributed by atoms with Crippen molar-refractivity contribution in [2.75, 3.05) is 6.54 Å². The third-order valence-electron chi connectivity index (χ3n) is 6.14. The van der Waals surface area contributed by atoms with Crippen molar-refractivity contribution in [2.45, 2.75) is 51.6 Å². The zero-order valence-corrected chi connectivity index (χ0v) is 13.3. The molecule has 4 saturated carbocycles. The summed E-state index contributed by atoms with van der Waals surface area (Å²) in [6.07, 6.45) is 10.1. The number of hydrogen-bond acceptors (Lipinski definition) is 2. The number of aromatic nitrogens is 2. The second-order valence-corrected chi connectivity index (χ2v) is 7.50. The molecule has 1 aromatic heterocycles. The van der Waals surface area contributed by atoms with Gasteiger partial charge < -0.3 is 15.2 Å². The summed E-state index contributed by atoms with van der Waals surface area (Å²) in [5, 5.41) is 6.30. The van der Waals surface area contributed by atoms with E-state index in [-0.39, 0.29) is 6.03 Å². The van der Waals surface area contributed by atoms with Crippen LogP contribution in [0.2, 0.25) is 0 Å². The minimum absolute atomic E-state index is 0.0309. The molecule has 2 amide bonds. The smallest absolute Gasteiger partial charge is 0.315 e. The number of nitrogens with one attached hydrogen (secondary N) is 2. The van der Waals surface area contributed by atoms with Gasteiger partial charge in [-0.15, -0.1) is 0 Å². The van der Waals surface area contributed by atoms with Crippen molar-refractivity contribution >= 4 is 6.03 Å². The molecule has 1 aromatic rings. The number of aryl methyl sites for hydroxylation is 2. The Hall–Kier alpha value is -1.52. The summed E-state index contributed by atoms with van der Waals surface area (Å²) in [4.78, 5) is 16.2. The molecule has 4 aliphatic rings. The lowest BCUT2D eigenvalue weighted by Gasteiger charge is -2.32. The van der Waals surface area contributed by atoms with Gasteiger partial charge in [-0.3, -0.25) is 0 Å². The number of carbonyl (C=O) groups excluding carboxylic acids is 1. The predicted octanol–water partition coefficient (Wildman–Crippen LogP) is 2.32. The first-order chi connectivity index (χ1) is 10.7. The van der Waals surface area contributed by atoms with E-state index in [9.17, 15) is 4.79 Å². The highest BCUT2D eigenvalue weighted by molar-refractivity contribution is 5.74. The first-order valence-corrected chi connectivity index (χ1v) is 8.72. The summed E-state index contributed by atoms with van der Waals surface area (Å²) in [6, 6.07) is 0.475. The molecular weight excluding hydrogens is 276 g/mol. The van der Waals surface area contributed by atoms with E-state index < -0.39 is 0 Å². The molecule has 0 radical (unpaired) electrons. The van der Waals surface area contributed by atoms with Crippen LogP contribution in [0.4, 0.5) is 4.79 Å². The minimum Gasteiger partial charge on any atom is -0.338 e. The van der Waals surface area contributed by atoms with Crippen LogP contribution in [0.25, 0.3) is 0 Å². The minimum atomic E-state index is 0.0309. The fourth-order valence-corrected chi connectivity index (χ4v) is 5.24. The van der Waals surface area contributed by atoms with Gasteiger partial charge in [-0.2, -0.15) is 0 Å². The molecule has 22 heavy (non-hydrogen) atoms. The predicted molar refractivity (Wildman–Crippen MR) is 84.3 cm³/mol. The third kappa shape index (κ3) is 2.50. The fourth-order valence-electron chi connectivity index (χ4n) is 5.24. The molecule has 5 nitrogen and oxygen atoms in total. The van der Waals surface area contributed by atoms with Crippen molar-refractivity contribution in [2.24, 2.45) is 23.7 Å². The molecule has 0 spiro atoms. The summed E-state index contributed by atoms with van der Waals surface area (Å²) < 4.78 is 2.12. The van der Waals surface area contributed by atoms with Gasteiger partial charge in [-0.05, 0) is 62.7 Å². The van der Waals surface area contributed by atoms with Crippen LogP contribution in [0.3, 0.4) is 0 Å². The van der Waals surface area contributed by atoms with Crippen molar-refractivity contribution in [3.05, 3.63) is 18.2 Å². The van der Waals surface area contributed by atoms with Gasteiger partial charge in [0.1, 0.15) is 0 Å². The summed E-state index contributed by atoms with van der Waals surface area (Å²) in [5.74, 6) is 3.39. The molecule has 1 heterocycles. The highest BCUT2D eigenvalue weighted by Gasteiger charge is 2.54. The molecule has 0 aliphatic heterocycles. The highest BCUT2D eigenvalue weighted by atomic mass is 16.2. The highest BCUT2D eigenvalue weighted by Crippen LogP contribution is 2.57. The topological polar surface area (TPSA) is 59.0 Å².